The van der Waals surface area contributed by atoms with Crippen LogP contribution in [0.5, 0.6) is 0 Å². The van der Waals surface area contributed by atoms with Crippen LogP contribution < -0.4 is 10.2 Å². The number of hydrogen-bond donors (Lipinski definition) is 1. The summed E-state index contributed by atoms with van der Waals surface area (Å²) in [6.45, 7) is 1.76. The van der Waals surface area contributed by atoms with Crippen molar-refractivity contribution in [3.63, 3.8) is 0 Å². The number of nitrogens with zero attached hydrogens (tertiary/aromatic N) is 3. The lowest BCUT2D eigenvalue weighted by molar-refractivity contribution is -0.223. The Hall–Kier alpha value is -2.19. The van der Waals surface area contributed by atoms with Crippen LogP contribution in [-0.2, 0) is 19.1 Å². The highest BCUT2D eigenvalue weighted by Gasteiger charge is 2.46. The summed E-state index contributed by atoms with van der Waals surface area (Å²) in [5, 5.41) is 11.3. The van der Waals surface area contributed by atoms with Crippen molar-refractivity contribution in [1.82, 2.24) is 15.5 Å². The van der Waals surface area contributed by atoms with Crippen molar-refractivity contribution in [2.45, 2.75) is 18.8 Å². The van der Waals surface area contributed by atoms with E-state index in [1.807, 2.05) is 0 Å². The average Bonchev–Trinajstić information content (AvgIpc) is 2.65. The second-order valence-electron chi connectivity index (χ2n) is 5.11. The predicted octanol–water partition coefficient (Wildman–Crippen LogP) is 0.630. The van der Waals surface area contributed by atoms with Gasteiger partial charge in [-0.25, -0.2) is 9.59 Å². The van der Waals surface area contributed by atoms with E-state index in [2.05, 4.69) is 15.5 Å². The Kier molecular flexibility index (Phi) is 4.44. The Balaban J connectivity index is 2.01. The first kappa shape index (κ1) is 15.7. The van der Waals surface area contributed by atoms with Crippen LogP contribution in [0.3, 0.4) is 0 Å². The molecule has 0 saturated carbocycles. The molecule has 0 aliphatic carbocycles. The molecule has 0 bridgehead atoms. The first-order valence-electron chi connectivity index (χ1n) is 7.21. The zero-order chi connectivity index (χ0) is 16.3. The van der Waals surface area contributed by atoms with Crippen LogP contribution in [-0.4, -0.2) is 47.7 Å². The van der Waals surface area contributed by atoms with Crippen LogP contribution in [0.15, 0.2) is 24.3 Å². The first-order valence-corrected chi connectivity index (χ1v) is 7.58. The number of nitrogens with one attached hydrogen (secondary N) is 1. The third-order valence-corrected chi connectivity index (χ3v) is 3.74. The van der Waals surface area contributed by atoms with Gasteiger partial charge in [-0.15, -0.1) is 10.2 Å². The Morgan fingerprint density at radius 3 is 2.52 bits per heavy atom. The SMILES string of the molecule is O=C1C=CC(=O)OC2(CCNCCCN2c2ccc(Cl)nn2)O1. The highest BCUT2D eigenvalue weighted by molar-refractivity contribution is 6.29. The van der Waals surface area contributed by atoms with Crippen molar-refractivity contribution in [3.8, 4) is 0 Å². The van der Waals surface area contributed by atoms with Gasteiger partial charge in [0.05, 0.1) is 6.42 Å². The van der Waals surface area contributed by atoms with E-state index in [9.17, 15) is 9.59 Å². The Bertz CT molecular complexity index is 614. The van der Waals surface area contributed by atoms with Crippen molar-refractivity contribution in [1.29, 1.82) is 0 Å². The lowest BCUT2D eigenvalue weighted by Crippen LogP contribution is -2.58. The van der Waals surface area contributed by atoms with Crippen LogP contribution >= 0.6 is 11.6 Å². The molecule has 1 saturated heterocycles. The normalized spacial score (nSPS) is 21.2. The smallest absolute Gasteiger partial charge is 0.345 e. The summed E-state index contributed by atoms with van der Waals surface area (Å²) in [6, 6.07) is 3.22. The number of aromatic nitrogens is 2. The van der Waals surface area contributed by atoms with Crippen LogP contribution in [0.1, 0.15) is 12.8 Å². The van der Waals surface area contributed by atoms with Gasteiger partial charge in [-0.3, -0.25) is 4.90 Å². The summed E-state index contributed by atoms with van der Waals surface area (Å²) < 4.78 is 10.9. The average molecular weight is 339 g/mol. The summed E-state index contributed by atoms with van der Waals surface area (Å²) in [6.07, 6.45) is 3.11. The highest BCUT2D eigenvalue weighted by atomic mass is 35.5. The molecule has 2 aliphatic rings. The monoisotopic (exact) mass is 338 g/mol. The van der Waals surface area contributed by atoms with E-state index in [0.29, 0.717) is 18.9 Å². The standard InChI is InChI=1S/C14H15ClN4O4/c15-10-2-3-11(18-17-10)19-9-1-7-16-8-6-14(19)22-12(20)4-5-13(21)23-14/h2-5,16H,1,6-9H2. The number of ether oxygens (including phenoxy) is 2. The zero-order valence-corrected chi connectivity index (χ0v) is 13.0. The maximum Gasteiger partial charge on any atom is 0.345 e. The molecule has 2 aliphatic heterocycles. The van der Waals surface area contributed by atoms with Gasteiger partial charge in [-0.05, 0) is 25.1 Å². The molecule has 1 fully saturated rings. The molecule has 0 unspecified atom stereocenters. The van der Waals surface area contributed by atoms with Crippen molar-refractivity contribution in [3.05, 3.63) is 29.4 Å². The largest absolute Gasteiger partial charge is 0.400 e. The zero-order valence-electron chi connectivity index (χ0n) is 12.2. The molecule has 0 atom stereocenters. The van der Waals surface area contributed by atoms with Gasteiger partial charge in [-0.1, -0.05) is 11.6 Å². The molecule has 1 spiro atoms. The second-order valence-corrected chi connectivity index (χ2v) is 5.49. The van der Waals surface area contributed by atoms with Crippen molar-refractivity contribution in [2.75, 3.05) is 24.5 Å². The van der Waals surface area contributed by atoms with Crippen LogP contribution in [0.2, 0.25) is 5.15 Å². The molecule has 8 nitrogen and oxygen atoms in total. The fraction of sp³-hybridized carbons (Fsp3) is 0.429. The number of esters is 2. The molecule has 23 heavy (non-hydrogen) atoms. The van der Waals surface area contributed by atoms with Gasteiger partial charge in [0.25, 0.3) is 0 Å². The third kappa shape index (κ3) is 3.43. The van der Waals surface area contributed by atoms with E-state index in [1.54, 1.807) is 17.0 Å². The molecular formula is C14H15ClN4O4. The number of anilines is 1. The maximum absolute atomic E-state index is 11.9. The lowest BCUT2D eigenvalue weighted by atomic mass is 10.2. The Labute approximate surface area is 137 Å². The molecule has 122 valence electrons. The molecule has 0 amide bonds. The van der Waals surface area contributed by atoms with Gasteiger partial charge in [0.15, 0.2) is 11.0 Å². The minimum absolute atomic E-state index is 0.244. The Morgan fingerprint density at radius 2 is 1.87 bits per heavy atom. The van der Waals surface area contributed by atoms with E-state index in [1.165, 1.54) is 0 Å². The summed E-state index contributed by atoms with van der Waals surface area (Å²) >= 11 is 5.78. The number of rotatable bonds is 1. The molecule has 3 heterocycles. The Morgan fingerprint density at radius 1 is 1.13 bits per heavy atom. The van der Waals surface area contributed by atoms with Crippen molar-refractivity contribution < 1.29 is 19.1 Å². The fourth-order valence-corrected chi connectivity index (χ4v) is 2.63. The molecule has 3 rings (SSSR count). The fourth-order valence-electron chi connectivity index (χ4n) is 2.53. The quantitative estimate of drug-likeness (QED) is 0.745. The minimum Gasteiger partial charge on any atom is -0.400 e. The third-order valence-electron chi connectivity index (χ3n) is 3.53. The first-order chi connectivity index (χ1) is 11.1. The van der Waals surface area contributed by atoms with Crippen molar-refractivity contribution >= 4 is 29.4 Å². The van der Waals surface area contributed by atoms with Crippen LogP contribution in [0.4, 0.5) is 5.82 Å². The number of carbonyl (C=O) groups excluding carboxylic acids is 2. The van der Waals surface area contributed by atoms with E-state index < -0.39 is 17.8 Å². The summed E-state index contributed by atoms with van der Waals surface area (Å²) in [5.74, 6) is -2.45. The molecule has 0 aromatic carbocycles. The minimum atomic E-state index is -1.56. The molecular weight excluding hydrogens is 324 g/mol. The van der Waals surface area contributed by atoms with Gasteiger partial charge in [-0.2, -0.15) is 0 Å². The lowest BCUT2D eigenvalue weighted by Gasteiger charge is -2.42. The van der Waals surface area contributed by atoms with E-state index in [4.69, 9.17) is 21.1 Å². The van der Waals surface area contributed by atoms with Crippen LogP contribution in [0.25, 0.3) is 0 Å². The highest BCUT2D eigenvalue weighted by Crippen LogP contribution is 2.31. The van der Waals surface area contributed by atoms with Crippen molar-refractivity contribution in [2.24, 2.45) is 0 Å². The van der Waals surface area contributed by atoms with E-state index in [0.717, 1.165) is 25.1 Å². The predicted molar refractivity (Wildman–Crippen MR) is 80.5 cm³/mol. The van der Waals surface area contributed by atoms with E-state index >= 15 is 0 Å². The molecule has 1 N–H and O–H groups in total. The van der Waals surface area contributed by atoms with Gasteiger partial charge in [0.1, 0.15) is 0 Å². The number of hydrogen-bond acceptors (Lipinski definition) is 8. The topological polar surface area (TPSA) is 93.7 Å². The second kappa shape index (κ2) is 6.51. The number of carbonyl (C=O) groups is 2. The van der Waals surface area contributed by atoms with Gasteiger partial charge >= 0.3 is 17.8 Å². The number of halogens is 1. The molecule has 9 heteroatoms. The molecule has 1 aromatic rings. The molecule has 1 aromatic heterocycles. The summed E-state index contributed by atoms with van der Waals surface area (Å²) in [4.78, 5) is 25.4. The summed E-state index contributed by atoms with van der Waals surface area (Å²) in [7, 11) is 0. The maximum atomic E-state index is 11.9. The van der Waals surface area contributed by atoms with E-state index in [-0.39, 0.29) is 11.6 Å². The van der Waals surface area contributed by atoms with Gasteiger partial charge < -0.3 is 14.8 Å². The van der Waals surface area contributed by atoms with Gasteiger partial charge in [0, 0.05) is 25.2 Å². The molecule has 0 radical (unpaired) electrons. The van der Waals surface area contributed by atoms with Gasteiger partial charge in [0.2, 0.25) is 0 Å². The van der Waals surface area contributed by atoms with Crippen LogP contribution in [0, 0.1) is 0 Å². The summed E-state index contributed by atoms with van der Waals surface area (Å²) in [5.41, 5.74) is 0.